The minimum atomic E-state index is 0.0258. The molecule has 22 heavy (non-hydrogen) atoms. The van der Waals surface area contributed by atoms with Gasteiger partial charge in [0, 0.05) is 45.5 Å². The number of carbonyl (C=O) groups is 2. The number of aromatic nitrogens is 2. The quantitative estimate of drug-likeness (QED) is 0.819. The lowest BCUT2D eigenvalue weighted by molar-refractivity contribution is -0.135. The molecule has 120 valence electrons. The van der Waals surface area contributed by atoms with Gasteiger partial charge in [0.1, 0.15) is 0 Å². The van der Waals surface area contributed by atoms with Gasteiger partial charge in [-0.15, -0.1) is 0 Å². The summed E-state index contributed by atoms with van der Waals surface area (Å²) >= 11 is 0. The largest absolute Gasteiger partial charge is 0.336 e. The third kappa shape index (κ3) is 2.85. The Morgan fingerprint density at radius 1 is 1.41 bits per heavy atom. The Morgan fingerprint density at radius 3 is 2.91 bits per heavy atom. The molecule has 1 unspecified atom stereocenters. The van der Waals surface area contributed by atoms with Crippen LogP contribution in [0.15, 0.2) is 6.20 Å². The fourth-order valence-electron chi connectivity index (χ4n) is 3.38. The average molecular weight is 305 g/mol. The lowest BCUT2D eigenvalue weighted by Crippen LogP contribution is -2.57. The number of nitrogens with zero attached hydrogens (tertiary/aromatic N) is 4. The number of amides is 2. The molecule has 0 aromatic carbocycles. The maximum atomic E-state index is 12.7. The predicted octanol–water partition coefficient (Wildman–Crippen LogP) is -0.235. The molecule has 1 aromatic rings. The van der Waals surface area contributed by atoms with Crippen LogP contribution in [0, 0.1) is 6.92 Å². The molecule has 0 radical (unpaired) electrons. The van der Waals surface area contributed by atoms with Crippen LogP contribution in [-0.4, -0.2) is 70.2 Å². The molecule has 2 saturated heterocycles. The summed E-state index contributed by atoms with van der Waals surface area (Å²) < 4.78 is 1.67. The molecule has 2 amide bonds. The second-order valence-corrected chi connectivity index (χ2v) is 6.11. The fourth-order valence-corrected chi connectivity index (χ4v) is 3.38. The van der Waals surface area contributed by atoms with Crippen molar-refractivity contribution in [1.29, 1.82) is 0 Å². The molecule has 1 atom stereocenters. The molecular weight excluding hydrogens is 282 g/mol. The van der Waals surface area contributed by atoms with E-state index < -0.39 is 0 Å². The number of hydrogen-bond acceptors (Lipinski definition) is 4. The number of hydrogen-bond donors (Lipinski definition) is 1. The van der Waals surface area contributed by atoms with Gasteiger partial charge in [-0.2, -0.15) is 5.10 Å². The monoisotopic (exact) mass is 305 g/mol. The third-order valence-corrected chi connectivity index (χ3v) is 4.49. The standard InChI is InChI=1S/C15H23N5O2/c1-11-13(10-18(2)17-11)15(22)19-6-3-4-12(9-19)20-7-5-16-8-14(20)21/h10,12,16H,3-9H2,1-2H3. The normalized spacial score (nSPS) is 23.0. The Labute approximate surface area is 130 Å². The van der Waals surface area contributed by atoms with Gasteiger partial charge in [-0.25, -0.2) is 0 Å². The number of likely N-dealkylation sites (tertiary alicyclic amines) is 1. The number of piperidine rings is 1. The number of rotatable bonds is 2. The zero-order valence-electron chi connectivity index (χ0n) is 13.2. The van der Waals surface area contributed by atoms with Gasteiger partial charge in [0.05, 0.1) is 17.8 Å². The summed E-state index contributed by atoms with van der Waals surface area (Å²) in [4.78, 5) is 28.5. The van der Waals surface area contributed by atoms with Crippen molar-refractivity contribution in [3.8, 4) is 0 Å². The van der Waals surface area contributed by atoms with Crippen molar-refractivity contribution in [3.63, 3.8) is 0 Å². The predicted molar refractivity (Wildman–Crippen MR) is 81.5 cm³/mol. The first-order chi connectivity index (χ1) is 10.6. The maximum Gasteiger partial charge on any atom is 0.257 e. The molecule has 7 nitrogen and oxygen atoms in total. The van der Waals surface area contributed by atoms with E-state index in [2.05, 4.69) is 10.4 Å². The van der Waals surface area contributed by atoms with Crippen molar-refractivity contribution in [2.24, 2.45) is 7.05 Å². The Kier molecular flexibility index (Phi) is 4.15. The van der Waals surface area contributed by atoms with E-state index in [4.69, 9.17) is 0 Å². The molecular formula is C15H23N5O2. The lowest BCUT2D eigenvalue weighted by Gasteiger charge is -2.41. The molecule has 3 heterocycles. The van der Waals surface area contributed by atoms with Crippen molar-refractivity contribution < 1.29 is 9.59 Å². The van der Waals surface area contributed by atoms with E-state index in [9.17, 15) is 9.59 Å². The van der Waals surface area contributed by atoms with Gasteiger partial charge in [-0.3, -0.25) is 14.3 Å². The Bertz CT molecular complexity index is 582. The van der Waals surface area contributed by atoms with E-state index in [0.29, 0.717) is 18.7 Å². The number of carbonyl (C=O) groups excluding carboxylic acids is 2. The van der Waals surface area contributed by atoms with Crippen LogP contribution in [0.3, 0.4) is 0 Å². The first-order valence-electron chi connectivity index (χ1n) is 7.86. The molecule has 3 rings (SSSR count). The van der Waals surface area contributed by atoms with E-state index in [1.54, 1.807) is 10.9 Å². The van der Waals surface area contributed by atoms with Crippen molar-refractivity contribution >= 4 is 11.8 Å². The average Bonchev–Trinajstić information content (AvgIpc) is 2.86. The molecule has 2 fully saturated rings. The summed E-state index contributed by atoms with van der Waals surface area (Å²) in [5, 5.41) is 7.34. The fraction of sp³-hybridized carbons (Fsp3) is 0.667. The Hall–Kier alpha value is -1.89. The van der Waals surface area contributed by atoms with Gasteiger partial charge in [-0.05, 0) is 19.8 Å². The Balaban J connectivity index is 1.71. The van der Waals surface area contributed by atoms with Gasteiger partial charge >= 0.3 is 0 Å². The molecule has 7 heteroatoms. The van der Waals surface area contributed by atoms with Crippen molar-refractivity contribution in [2.75, 3.05) is 32.7 Å². The second-order valence-electron chi connectivity index (χ2n) is 6.11. The summed E-state index contributed by atoms with van der Waals surface area (Å²) in [6, 6.07) is 0.143. The van der Waals surface area contributed by atoms with Crippen LogP contribution in [0.2, 0.25) is 0 Å². The highest BCUT2D eigenvalue weighted by atomic mass is 16.2. The first kappa shape index (κ1) is 15.0. The minimum Gasteiger partial charge on any atom is -0.336 e. The van der Waals surface area contributed by atoms with E-state index in [0.717, 1.165) is 38.2 Å². The Morgan fingerprint density at radius 2 is 2.23 bits per heavy atom. The molecule has 0 bridgehead atoms. The van der Waals surface area contributed by atoms with E-state index in [-0.39, 0.29) is 17.9 Å². The van der Waals surface area contributed by atoms with Crippen LogP contribution in [0.4, 0.5) is 0 Å². The summed E-state index contributed by atoms with van der Waals surface area (Å²) in [5.74, 6) is 0.168. The molecule has 2 aliphatic rings. The zero-order chi connectivity index (χ0) is 15.7. The second kappa shape index (κ2) is 6.08. The maximum absolute atomic E-state index is 12.7. The van der Waals surface area contributed by atoms with Gasteiger partial charge in [0.2, 0.25) is 5.91 Å². The number of piperazine rings is 1. The first-order valence-corrected chi connectivity index (χ1v) is 7.86. The molecule has 1 aromatic heterocycles. The highest BCUT2D eigenvalue weighted by Crippen LogP contribution is 2.19. The number of aryl methyl sites for hydroxylation is 2. The molecule has 0 aliphatic carbocycles. The van der Waals surface area contributed by atoms with Crippen LogP contribution in [0.5, 0.6) is 0 Å². The SMILES string of the molecule is Cc1nn(C)cc1C(=O)N1CCCC(N2CCNCC2=O)C1. The van der Waals surface area contributed by atoms with Gasteiger partial charge < -0.3 is 15.1 Å². The number of nitrogens with one attached hydrogen (secondary N) is 1. The van der Waals surface area contributed by atoms with Crippen LogP contribution in [-0.2, 0) is 11.8 Å². The van der Waals surface area contributed by atoms with Crippen LogP contribution in [0.1, 0.15) is 28.9 Å². The molecule has 2 aliphatic heterocycles. The minimum absolute atomic E-state index is 0.0258. The van der Waals surface area contributed by atoms with Crippen LogP contribution in [0.25, 0.3) is 0 Å². The van der Waals surface area contributed by atoms with Crippen LogP contribution >= 0.6 is 0 Å². The third-order valence-electron chi connectivity index (χ3n) is 4.49. The highest BCUT2D eigenvalue weighted by molar-refractivity contribution is 5.95. The lowest BCUT2D eigenvalue weighted by atomic mass is 10.0. The van der Waals surface area contributed by atoms with Gasteiger partial charge in [0.25, 0.3) is 5.91 Å². The summed E-state index contributed by atoms with van der Waals surface area (Å²) in [7, 11) is 1.82. The van der Waals surface area contributed by atoms with E-state index in [1.807, 2.05) is 23.8 Å². The van der Waals surface area contributed by atoms with Gasteiger partial charge in [-0.1, -0.05) is 0 Å². The summed E-state index contributed by atoms with van der Waals surface area (Å²) in [6.07, 6.45) is 3.69. The topological polar surface area (TPSA) is 70.5 Å². The zero-order valence-corrected chi connectivity index (χ0v) is 13.2. The highest BCUT2D eigenvalue weighted by Gasteiger charge is 2.32. The van der Waals surface area contributed by atoms with Crippen molar-refractivity contribution in [2.45, 2.75) is 25.8 Å². The molecule has 1 N–H and O–H groups in total. The molecule has 0 spiro atoms. The summed E-state index contributed by atoms with van der Waals surface area (Å²) in [5.41, 5.74) is 1.42. The smallest absolute Gasteiger partial charge is 0.257 e. The van der Waals surface area contributed by atoms with E-state index >= 15 is 0 Å². The molecule has 0 saturated carbocycles. The van der Waals surface area contributed by atoms with Crippen molar-refractivity contribution in [3.05, 3.63) is 17.5 Å². The van der Waals surface area contributed by atoms with Crippen molar-refractivity contribution in [1.82, 2.24) is 24.9 Å². The summed E-state index contributed by atoms with van der Waals surface area (Å²) in [6.45, 7) is 5.21. The van der Waals surface area contributed by atoms with Gasteiger partial charge in [0.15, 0.2) is 0 Å². The van der Waals surface area contributed by atoms with Crippen LogP contribution < -0.4 is 5.32 Å². The van der Waals surface area contributed by atoms with E-state index in [1.165, 1.54) is 0 Å².